The lowest BCUT2D eigenvalue weighted by molar-refractivity contribution is 1.28. The molecule has 0 aliphatic heterocycles. The Hall–Kier alpha value is -3.06. The molecule has 0 unspecified atom stereocenters. The average molecular weight is 323 g/mol. The van der Waals surface area contributed by atoms with Crippen LogP contribution >= 0.6 is 0 Å². The zero-order valence-corrected chi connectivity index (χ0v) is 14.6. The first-order valence-corrected chi connectivity index (χ1v) is 8.63. The van der Waals surface area contributed by atoms with Crippen LogP contribution in [-0.4, -0.2) is 0 Å². The van der Waals surface area contributed by atoms with Gasteiger partial charge >= 0.3 is 0 Å². The van der Waals surface area contributed by atoms with Gasteiger partial charge in [0, 0.05) is 16.8 Å². The molecule has 0 bridgehead atoms. The lowest BCUT2D eigenvalue weighted by Crippen LogP contribution is -2.10. The highest BCUT2D eigenvalue weighted by Crippen LogP contribution is 2.38. The largest absolute Gasteiger partial charge is 0.310 e. The Morgan fingerprint density at radius 3 is 1.64 bits per heavy atom. The summed E-state index contributed by atoms with van der Waals surface area (Å²) in [5, 5.41) is 2.51. The number of hydrogen-bond donors (Lipinski definition) is 0. The predicted octanol–water partition coefficient (Wildman–Crippen LogP) is 6.93. The van der Waals surface area contributed by atoms with Crippen LogP contribution in [0.5, 0.6) is 0 Å². The summed E-state index contributed by atoms with van der Waals surface area (Å²) in [4.78, 5) is 2.33. The topological polar surface area (TPSA) is 3.24 Å². The second kappa shape index (κ2) is 6.45. The van der Waals surface area contributed by atoms with Gasteiger partial charge in [0.15, 0.2) is 0 Å². The highest BCUT2D eigenvalue weighted by molar-refractivity contribution is 5.98. The van der Waals surface area contributed by atoms with Gasteiger partial charge in [0.1, 0.15) is 0 Å². The van der Waals surface area contributed by atoms with E-state index in [9.17, 15) is 0 Å². The summed E-state index contributed by atoms with van der Waals surface area (Å²) < 4.78 is 0. The minimum absolute atomic E-state index is 1.17. The Labute approximate surface area is 149 Å². The minimum Gasteiger partial charge on any atom is -0.310 e. The van der Waals surface area contributed by atoms with Crippen LogP contribution < -0.4 is 4.90 Å². The molecule has 0 radical (unpaired) electrons. The van der Waals surface area contributed by atoms with Gasteiger partial charge in [-0.05, 0) is 49.6 Å². The summed E-state index contributed by atoms with van der Waals surface area (Å²) in [6.07, 6.45) is 0. The van der Waals surface area contributed by atoms with Crippen LogP contribution in [0.15, 0.2) is 91.0 Å². The van der Waals surface area contributed by atoms with Crippen LogP contribution in [0, 0.1) is 13.8 Å². The van der Waals surface area contributed by atoms with Gasteiger partial charge in [-0.25, -0.2) is 0 Å². The van der Waals surface area contributed by atoms with Gasteiger partial charge < -0.3 is 4.90 Å². The zero-order chi connectivity index (χ0) is 17.2. The molecule has 0 aliphatic carbocycles. The number of rotatable bonds is 3. The molecule has 1 nitrogen and oxygen atoms in total. The third kappa shape index (κ3) is 3.01. The van der Waals surface area contributed by atoms with E-state index in [-0.39, 0.29) is 0 Å². The number of nitrogens with zero attached hydrogens (tertiary/aromatic N) is 1. The van der Waals surface area contributed by atoms with E-state index in [2.05, 4.69) is 110 Å². The molecule has 0 N–H and O–H groups in total. The molecule has 0 amide bonds. The Balaban J connectivity index is 1.96. The Morgan fingerprint density at radius 2 is 1.04 bits per heavy atom. The van der Waals surface area contributed by atoms with E-state index in [1.54, 1.807) is 0 Å². The fourth-order valence-corrected chi connectivity index (χ4v) is 3.22. The van der Waals surface area contributed by atoms with Crippen molar-refractivity contribution in [2.75, 3.05) is 4.90 Å². The number of anilines is 3. The zero-order valence-electron chi connectivity index (χ0n) is 14.6. The molecular formula is C24H21N. The molecule has 4 aromatic carbocycles. The normalized spacial score (nSPS) is 10.8. The van der Waals surface area contributed by atoms with Gasteiger partial charge in [0.05, 0.1) is 5.69 Å². The van der Waals surface area contributed by atoms with Crippen LogP contribution in [-0.2, 0) is 0 Å². The lowest BCUT2D eigenvalue weighted by Gasteiger charge is -2.27. The summed E-state index contributed by atoms with van der Waals surface area (Å²) >= 11 is 0. The standard InChI is InChI=1S/C24H21N/c1-18-10-14-21(15-11-18)25(22-16-12-19(2)13-17-22)24-9-5-7-20-6-3-4-8-23(20)24/h3-17H,1-2H3. The van der Waals surface area contributed by atoms with Crippen LogP contribution in [0.4, 0.5) is 17.1 Å². The smallest absolute Gasteiger partial charge is 0.0540 e. The molecule has 0 saturated carbocycles. The molecule has 0 atom stereocenters. The summed E-state index contributed by atoms with van der Waals surface area (Å²) in [6, 6.07) is 32.5. The van der Waals surface area contributed by atoms with Gasteiger partial charge in [-0.15, -0.1) is 0 Å². The van der Waals surface area contributed by atoms with Crippen molar-refractivity contribution in [2.45, 2.75) is 13.8 Å². The monoisotopic (exact) mass is 323 g/mol. The fraction of sp³-hybridized carbons (Fsp3) is 0.0833. The van der Waals surface area contributed by atoms with Gasteiger partial charge in [0.25, 0.3) is 0 Å². The van der Waals surface area contributed by atoms with Crippen LogP contribution in [0.2, 0.25) is 0 Å². The van der Waals surface area contributed by atoms with Gasteiger partial charge in [0.2, 0.25) is 0 Å². The Bertz CT molecular complexity index is 947. The number of aryl methyl sites for hydroxylation is 2. The third-order valence-electron chi connectivity index (χ3n) is 4.59. The molecule has 0 aliphatic rings. The number of fused-ring (bicyclic) bond motifs is 1. The highest BCUT2D eigenvalue weighted by atomic mass is 15.1. The van der Waals surface area contributed by atoms with E-state index in [1.165, 1.54) is 39.0 Å². The molecule has 25 heavy (non-hydrogen) atoms. The first kappa shape index (κ1) is 15.5. The van der Waals surface area contributed by atoms with Crippen molar-refractivity contribution in [3.63, 3.8) is 0 Å². The molecular weight excluding hydrogens is 302 g/mol. The van der Waals surface area contributed by atoms with Crippen molar-refractivity contribution < 1.29 is 0 Å². The molecule has 0 fully saturated rings. The summed E-state index contributed by atoms with van der Waals surface area (Å²) in [7, 11) is 0. The van der Waals surface area contributed by atoms with Crippen molar-refractivity contribution in [2.24, 2.45) is 0 Å². The van der Waals surface area contributed by atoms with Crippen LogP contribution in [0.3, 0.4) is 0 Å². The van der Waals surface area contributed by atoms with E-state index < -0.39 is 0 Å². The lowest BCUT2D eigenvalue weighted by atomic mass is 10.1. The van der Waals surface area contributed by atoms with Crippen LogP contribution in [0.1, 0.15) is 11.1 Å². The van der Waals surface area contributed by atoms with E-state index in [4.69, 9.17) is 0 Å². The van der Waals surface area contributed by atoms with Gasteiger partial charge in [-0.3, -0.25) is 0 Å². The molecule has 0 heterocycles. The molecule has 4 aromatic rings. The maximum absolute atomic E-state index is 2.33. The maximum Gasteiger partial charge on any atom is 0.0540 e. The molecule has 0 spiro atoms. The maximum atomic E-state index is 2.33. The van der Waals surface area contributed by atoms with Crippen molar-refractivity contribution in [3.8, 4) is 0 Å². The van der Waals surface area contributed by atoms with Crippen molar-refractivity contribution in [1.29, 1.82) is 0 Å². The number of benzene rings is 4. The van der Waals surface area contributed by atoms with E-state index in [0.29, 0.717) is 0 Å². The molecule has 0 saturated heterocycles. The second-order valence-electron chi connectivity index (χ2n) is 6.50. The molecule has 4 rings (SSSR count). The fourth-order valence-electron chi connectivity index (χ4n) is 3.22. The summed E-state index contributed by atoms with van der Waals surface area (Å²) in [5.41, 5.74) is 6.08. The van der Waals surface area contributed by atoms with Crippen molar-refractivity contribution in [1.82, 2.24) is 0 Å². The van der Waals surface area contributed by atoms with Crippen molar-refractivity contribution in [3.05, 3.63) is 102 Å². The van der Waals surface area contributed by atoms with Gasteiger partial charge in [-0.2, -0.15) is 0 Å². The van der Waals surface area contributed by atoms with Crippen molar-refractivity contribution >= 4 is 27.8 Å². The van der Waals surface area contributed by atoms with Gasteiger partial charge in [-0.1, -0.05) is 71.8 Å². The van der Waals surface area contributed by atoms with E-state index in [0.717, 1.165) is 0 Å². The quantitative estimate of drug-likeness (QED) is 0.395. The molecule has 122 valence electrons. The summed E-state index contributed by atoms with van der Waals surface area (Å²) in [6.45, 7) is 4.25. The second-order valence-corrected chi connectivity index (χ2v) is 6.50. The average Bonchev–Trinajstić information content (AvgIpc) is 2.65. The molecule has 0 aromatic heterocycles. The first-order valence-electron chi connectivity index (χ1n) is 8.63. The predicted molar refractivity (Wildman–Crippen MR) is 108 cm³/mol. The van der Waals surface area contributed by atoms with E-state index in [1.807, 2.05) is 0 Å². The molecule has 1 heteroatoms. The minimum atomic E-state index is 1.17. The first-order chi connectivity index (χ1) is 12.2. The Morgan fingerprint density at radius 1 is 0.520 bits per heavy atom. The Kier molecular flexibility index (Phi) is 3.99. The van der Waals surface area contributed by atoms with E-state index >= 15 is 0 Å². The third-order valence-corrected chi connectivity index (χ3v) is 4.59. The van der Waals surface area contributed by atoms with Crippen LogP contribution in [0.25, 0.3) is 10.8 Å². The number of hydrogen-bond acceptors (Lipinski definition) is 1. The summed E-state index contributed by atoms with van der Waals surface area (Å²) in [5.74, 6) is 0. The SMILES string of the molecule is Cc1ccc(N(c2ccc(C)cc2)c2cccc3ccccc23)cc1. The highest BCUT2D eigenvalue weighted by Gasteiger charge is 2.14.